The van der Waals surface area contributed by atoms with Crippen molar-refractivity contribution in [3.63, 3.8) is 0 Å². The van der Waals surface area contributed by atoms with Gasteiger partial charge in [0.25, 0.3) is 0 Å². The number of hydrogen-bond donors (Lipinski definition) is 1. The topological polar surface area (TPSA) is 43.8 Å². The van der Waals surface area contributed by atoms with Gasteiger partial charge in [-0.05, 0) is 31.5 Å². The number of imidazole rings is 1. The predicted molar refractivity (Wildman–Crippen MR) is 76.1 cm³/mol. The third-order valence-corrected chi connectivity index (χ3v) is 3.59. The molecular weight excluding hydrogens is 278 g/mol. The molecule has 1 heterocycles. The highest BCUT2D eigenvalue weighted by atomic mass is 79.9. The molecule has 1 unspecified atom stereocenters. The number of rotatable bonds is 4. The molecule has 1 atom stereocenters. The average molecular weight is 296 g/mol. The molecule has 17 heavy (non-hydrogen) atoms. The Bertz CT molecular complexity index is 519. The van der Waals surface area contributed by atoms with E-state index in [1.165, 1.54) is 12.8 Å². The van der Waals surface area contributed by atoms with E-state index in [0.29, 0.717) is 12.0 Å². The van der Waals surface area contributed by atoms with E-state index >= 15 is 0 Å². The molecule has 0 fully saturated rings. The summed E-state index contributed by atoms with van der Waals surface area (Å²) < 4.78 is 3.17. The number of aromatic nitrogens is 2. The second kappa shape index (κ2) is 5.08. The summed E-state index contributed by atoms with van der Waals surface area (Å²) in [5.74, 6) is 0.613. The van der Waals surface area contributed by atoms with Gasteiger partial charge in [0.15, 0.2) is 0 Å². The van der Waals surface area contributed by atoms with Crippen LogP contribution in [0.25, 0.3) is 11.0 Å². The highest BCUT2D eigenvalue weighted by molar-refractivity contribution is 9.10. The number of halogens is 1. The molecule has 1 aromatic carbocycles. The normalized spacial score (nSPS) is 13.1. The molecule has 0 aliphatic rings. The van der Waals surface area contributed by atoms with E-state index in [2.05, 4.69) is 45.4 Å². The number of nitrogens with zero attached hydrogens (tertiary/aromatic N) is 2. The lowest BCUT2D eigenvalue weighted by Gasteiger charge is -2.15. The third-order valence-electron chi connectivity index (χ3n) is 3.10. The van der Waals surface area contributed by atoms with Crippen LogP contribution in [0.5, 0.6) is 0 Å². The van der Waals surface area contributed by atoms with Crippen LogP contribution in [0.3, 0.4) is 0 Å². The number of benzene rings is 1. The lowest BCUT2D eigenvalue weighted by molar-refractivity contribution is 0.501. The molecule has 0 saturated heterocycles. The van der Waals surface area contributed by atoms with Crippen molar-refractivity contribution in [2.45, 2.75) is 39.2 Å². The zero-order chi connectivity index (χ0) is 12.4. The zero-order valence-corrected chi connectivity index (χ0v) is 11.9. The molecule has 2 rings (SSSR count). The van der Waals surface area contributed by atoms with Crippen molar-refractivity contribution in [3.8, 4) is 0 Å². The van der Waals surface area contributed by atoms with Gasteiger partial charge >= 0.3 is 0 Å². The van der Waals surface area contributed by atoms with Gasteiger partial charge in [-0.1, -0.05) is 35.7 Å². The second-order valence-corrected chi connectivity index (χ2v) is 5.38. The van der Waals surface area contributed by atoms with Gasteiger partial charge in [-0.25, -0.2) is 4.98 Å². The Balaban J connectivity index is 2.42. The van der Waals surface area contributed by atoms with Crippen molar-refractivity contribution in [1.29, 1.82) is 0 Å². The monoisotopic (exact) mass is 295 g/mol. The Morgan fingerprint density at radius 2 is 2.24 bits per heavy atom. The van der Waals surface area contributed by atoms with Gasteiger partial charge in [-0.3, -0.25) is 0 Å². The van der Waals surface area contributed by atoms with E-state index < -0.39 is 0 Å². The van der Waals surface area contributed by atoms with E-state index in [0.717, 1.165) is 21.9 Å². The molecule has 0 aliphatic carbocycles. The number of hydrogen-bond acceptors (Lipinski definition) is 2. The first kappa shape index (κ1) is 12.4. The van der Waals surface area contributed by atoms with Crippen LogP contribution in [-0.2, 0) is 0 Å². The predicted octanol–water partition coefficient (Wildman–Crippen LogP) is 4.13. The molecule has 0 bridgehead atoms. The van der Waals surface area contributed by atoms with Crippen LogP contribution in [0.15, 0.2) is 22.7 Å². The Kier molecular flexibility index (Phi) is 3.72. The average Bonchev–Trinajstić information content (AvgIpc) is 2.61. The third kappa shape index (κ3) is 2.46. The summed E-state index contributed by atoms with van der Waals surface area (Å²) in [6.45, 7) is 4.41. The van der Waals surface area contributed by atoms with Crippen molar-refractivity contribution >= 4 is 32.9 Å². The maximum absolute atomic E-state index is 6.01. The summed E-state index contributed by atoms with van der Waals surface area (Å²) in [4.78, 5) is 4.41. The number of fused-ring (bicyclic) bond motifs is 1. The summed E-state index contributed by atoms with van der Waals surface area (Å²) in [5, 5.41) is 0. The van der Waals surface area contributed by atoms with Crippen LogP contribution < -0.4 is 5.73 Å². The summed E-state index contributed by atoms with van der Waals surface area (Å²) in [6, 6.07) is 6.52. The lowest BCUT2D eigenvalue weighted by atomic mass is 10.1. The maximum atomic E-state index is 6.01. The van der Waals surface area contributed by atoms with Gasteiger partial charge in [0, 0.05) is 10.5 Å². The summed E-state index contributed by atoms with van der Waals surface area (Å²) >= 11 is 3.46. The molecule has 0 radical (unpaired) electrons. The van der Waals surface area contributed by atoms with Crippen LogP contribution in [0.1, 0.15) is 39.2 Å². The molecular formula is C13H18BrN3. The highest BCUT2D eigenvalue weighted by Gasteiger charge is 2.13. The standard InChI is InChI=1S/C13H18BrN3/c1-3-4-5-9(2)17-12-7-6-10(14)8-11(12)16-13(17)15/h6-9H,3-5H2,1-2H3,(H2,15,16). The quantitative estimate of drug-likeness (QED) is 0.921. The van der Waals surface area contributed by atoms with Crippen LogP contribution >= 0.6 is 15.9 Å². The van der Waals surface area contributed by atoms with Crippen molar-refractivity contribution < 1.29 is 0 Å². The number of anilines is 1. The molecule has 2 aromatic rings. The molecule has 0 saturated carbocycles. The van der Waals surface area contributed by atoms with Crippen molar-refractivity contribution in [1.82, 2.24) is 9.55 Å². The summed E-state index contributed by atoms with van der Waals surface area (Å²) in [6.07, 6.45) is 3.57. The second-order valence-electron chi connectivity index (χ2n) is 4.46. The molecule has 3 nitrogen and oxygen atoms in total. The lowest BCUT2D eigenvalue weighted by Crippen LogP contribution is -2.08. The largest absolute Gasteiger partial charge is 0.369 e. The van der Waals surface area contributed by atoms with Gasteiger partial charge in [0.2, 0.25) is 5.95 Å². The Morgan fingerprint density at radius 1 is 1.47 bits per heavy atom. The molecule has 2 N–H and O–H groups in total. The molecule has 1 aromatic heterocycles. The van der Waals surface area contributed by atoms with Gasteiger partial charge in [0.05, 0.1) is 11.0 Å². The molecule has 92 valence electrons. The van der Waals surface area contributed by atoms with Crippen molar-refractivity contribution in [2.24, 2.45) is 0 Å². The minimum Gasteiger partial charge on any atom is -0.369 e. The first-order valence-corrected chi connectivity index (χ1v) is 6.85. The van der Waals surface area contributed by atoms with E-state index in [-0.39, 0.29) is 0 Å². The minimum absolute atomic E-state index is 0.404. The number of unbranched alkanes of at least 4 members (excludes halogenated alkanes) is 1. The molecule has 0 amide bonds. The van der Waals surface area contributed by atoms with E-state index in [9.17, 15) is 0 Å². The number of nitrogens with two attached hydrogens (primary N) is 1. The van der Waals surface area contributed by atoms with Crippen molar-refractivity contribution in [3.05, 3.63) is 22.7 Å². The molecule has 0 spiro atoms. The fraction of sp³-hybridized carbons (Fsp3) is 0.462. The number of nitrogen functional groups attached to an aromatic ring is 1. The highest BCUT2D eigenvalue weighted by Crippen LogP contribution is 2.27. The van der Waals surface area contributed by atoms with Crippen LogP contribution in [0.4, 0.5) is 5.95 Å². The summed E-state index contributed by atoms with van der Waals surface area (Å²) in [7, 11) is 0. The van der Waals surface area contributed by atoms with Crippen LogP contribution in [-0.4, -0.2) is 9.55 Å². The minimum atomic E-state index is 0.404. The van der Waals surface area contributed by atoms with Gasteiger partial charge in [0.1, 0.15) is 0 Å². The maximum Gasteiger partial charge on any atom is 0.201 e. The fourth-order valence-electron chi connectivity index (χ4n) is 2.18. The Labute approximate surface area is 110 Å². The van der Waals surface area contributed by atoms with Gasteiger partial charge < -0.3 is 10.3 Å². The van der Waals surface area contributed by atoms with E-state index in [4.69, 9.17) is 5.73 Å². The van der Waals surface area contributed by atoms with Crippen LogP contribution in [0, 0.1) is 0 Å². The van der Waals surface area contributed by atoms with Gasteiger partial charge in [-0.2, -0.15) is 0 Å². The molecule has 0 aliphatic heterocycles. The Morgan fingerprint density at radius 3 is 2.94 bits per heavy atom. The first-order valence-electron chi connectivity index (χ1n) is 6.06. The van der Waals surface area contributed by atoms with E-state index in [1.54, 1.807) is 0 Å². The van der Waals surface area contributed by atoms with Crippen molar-refractivity contribution in [2.75, 3.05) is 5.73 Å². The van der Waals surface area contributed by atoms with Crippen LogP contribution in [0.2, 0.25) is 0 Å². The SMILES string of the molecule is CCCCC(C)n1c(N)nc2cc(Br)ccc21. The van der Waals surface area contributed by atoms with Gasteiger partial charge in [-0.15, -0.1) is 0 Å². The smallest absolute Gasteiger partial charge is 0.201 e. The summed E-state index contributed by atoms with van der Waals surface area (Å²) in [5.41, 5.74) is 8.09. The van der Waals surface area contributed by atoms with E-state index in [1.807, 2.05) is 12.1 Å². The Hall–Kier alpha value is -1.03. The fourth-order valence-corrected chi connectivity index (χ4v) is 2.53. The zero-order valence-electron chi connectivity index (χ0n) is 10.3. The molecule has 4 heteroatoms. The first-order chi connectivity index (χ1) is 8.13.